The van der Waals surface area contributed by atoms with Crippen molar-refractivity contribution in [3.05, 3.63) is 62.8 Å². The number of nitrogens with one attached hydrogen (secondary N) is 1. The Balaban J connectivity index is 1.97. The van der Waals surface area contributed by atoms with E-state index in [2.05, 4.69) is 26.2 Å². The van der Waals surface area contributed by atoms with E-state index in [0.717, 1.165) is 6.20 Å². The highest BCUT2D eigenvalue weighted by atomic mass is 79.9. The molecule has 1 atom stereocenters. The molecule has 2 aromatic rings. The standard InChI is InChI=1S/C20H18BrClF4N2O2/c21-12-3-1-2-11(10-12)17(19(30)7-4-13(23)5-8-19)28-18(29)16-15(22)14(6-9-27-16)20(24,25)26/h1-3,6,9-10,13,17,30H,4-5,7-8H2,(H,28,29)/t13?,17-,19?/m1/s1. The number of hydrogen-bond donors (Lipinski definition) is 2. The zero-order valence-electron chi connectivity index (χ0n) is 15.5. The summed E-state index contributed by atoms with van der Waals surface area (Å²) < 4.78 is 53.7. The fraction of sp³-hybridized carbons (Fsp3) is 0.400. The number of rotatable bonds is 4. The second kappa shape index (κ2) is 8.80. The highest BCUT2D eigenvalue weighted by molar-refractivity contribution is 9.10. The SMILES string of the molecule is O=C(N[C@H](c1cccc(Br)c1)C1(O)CCC(F)CC1)c1nccc(C(F)(F)F)c1Cl. The number of alkyl halides is 4. The van der Waals surface area contributed by atoms with Crippen LogP contribution in [0.2, 0.25) is 5.02 Å². The Kier molecular flexibility index (Phi) is 6.74. The molecule has 1 aromatic heterocycles. The van der Waals surface area contributed by atoms with Crippen molar-refractivity contribution in [1.29, 1.82) is 0 Å². The van der Waals surface area contributed by atoms with Gasteiger partial charge in [-0.2, -0.15) is 13.2 Å². The van der Waals surface area contributed by atoms with E-state index in [9.17, 15) is 27.5 Å². The monoisotopic (exact) mass is 508 g/mol. The third kappa shape index (κ3) is 4.95. The van der Waals surface area contributed by atoms with E-state index in [1.54, 1.807) is 24.3 Å². The molecule has 162 valence electrons. The van der Waals surface area contributed by atoms with Crippen LogP contribution in [-0.2, 0) is 6.18 Å². The normalized spacial score (nSPS) is 23.1. The summed E-state index contributed by atoms with van der Waals surface area (Å²) in [5.41, 5.74) is -2.75. The van der Waals surface area contributed by atoms with Gasteiger partial charge in [0.05, 0.1) is 22.2 Å². The fourth-order valence-electron chi connectivity index (χ4n) is 3.61. The van der Waals surface area contributed by atoms with Gasteiger partial charge in [-0.1, -0.05) is 39.7 Å². The Labute approximate surface area is 183 Å². The Morgan fingerprint density at radius 2 is 1.97 bits per heavy atom. The molecule has 0 bridgehead atoms. The molecule has 30 heavy (non-hydrogen) atoms. The van der Waals surface area contributed by atoms with Crippen LogP contribution < -0.4 is 5.32 Å². The summed E-state index contributed by atoms with van der Waals surface area (Å²) in [6.45, 7) is 0. The lowest BCUT2D eigenvalue weighted by atomic mass is 9.76. The van der Waals surface area contributed by atoms with Crippen LogP contribution in [-0.4, -0.2) is 27.8 Å². The van der Waals surface area contributed by atoms with Crippen molar-refractivity contribution < 1.29 is 27.5 Å². The first-order chi connectivity index (χ1) is 14.0. The van der Waals surface area contributed by atoms with Crippen LogP contribution in [0.25, 0.3) is 0 Å². The minimum absolute atomic E-state index is 0.0787. The van der Waals surface area contributed by atoms with Crippen LogP contribution in [0, 0.1) is 0 Å². The summed E-state index contributed by atoms with van der Waals surface area (Å²) in [5, 5.41) is 13.0. The zero-order valence-corrected chi connectivity index (χ0v) is 17.9. The third-order valence-electron chi connectivity index (χ3n) is 5.19. The lowest BCUT2D eigenvalue weighted by molar-refractivity contribution is -0.137. The Bertz CT molecular complexity index is 933. The van der Waals surface area contributed by atoms with Crippen molar-refractivity contribution in [1.82, 2.24) is 10.3 Å². The summed E-state index contributed by atoms with van der Waals surface area (Å²) in [4.78, 5) is 16.5. The van der Waals surface area contributed by atoms with Crippen LogP contribution in [0.15, 0.2) is 41.0 Å². The second-order valence-electron chi connectivity index (χ2n) is 7.26. The van der Waals surface area contributed by atoms with Gasteiger partial charge in [-0.15, -0.1) is 0 Å². The van der Waals surface area contributed by atoms with Gasteiger partial charge < -0.3 is 10.4 Å². The van der Waals surface area contributed by atoms with Crippen molar-refractivity contribution >= 4 is 33.4 Å². The zero-order chi connectivity index (χ0) is 22.1. The van der Waals surface area contributed by atoms with Crippen molar-refractivity contribution in [2.75, 3.05) is 0 Å². The first-order valence-corrected chi connectivity index (χ1v) is 10.3. The topological polar surface area (TPSA) is 62.2 Å². The smallest absolute Gasteiger partial charge is 0.387 e. The van der Waals surface area contributed by atoms with Crippen LogP contribution in [0.1, 0.15) is 53.3 Å². The Hall–Kier alpha value is -1.71. The maximum atomic E-state index is 13.7. The van der Waals surface area contributed by atoms with E-state index in [4.69, 9.17) is 11.6 Å². The van der Waals surface area contributed by atoms with Crippen LogP contribution >= 0.6 is 27.5 Å². The molecule has 2 N–H and O–H groups in total. The van der Waals surface area contributed by atoms with Gasteiger partial charge in [0.1, 0.15) is 11.9 Å². The largest absolute Gasteiger partial charge is 0.417 e. The number of benzene rings is 1. The predicted molar refractivity (Wildman–Crippen MR) is 107 cm³/mol. The minimum atomic E-state index is -4.75. The number of amides is 1. The number of carbonyl (C=O) groups excluding carboxylic acids is 1. The highest BCUT2D eigenvalue weighted by Gasteiger charge is 2.43. The summed E-state index contributed by atoms with van der Waals surface area (Å²) in [6, 6.07) is 6.46. The molecule has 10 heteroatoms. The molecule has 0 unspecified atom stereocenters. The molecule has 0 aliphatic heterocycles. The predicted octanol–water partition coefficient (Wildman–Crippen LogP) is 5.63. The number of carbonyl (C=O) groups is 1. The van der Waals surface area contributed by atoms with Crippen LogP contribution in [0.3, 0.4) is 0 Å². The lowest BCUT2D eigenvalue weighted by Crippen LogP contribution is -2.48. The van der Waals surface area contributed by atoms with Crippen molar-refractivity contribution in [2.45, 2.75) is 49.7 Å². The number of nitrogens with zero attached hydrogens (tertiary/aromatic N) is 1. The minimum Gasteiger partial charge on any atom is -0.387 e. The summed E-state index contributed by atoms with van der Waals surface area (Å²) in [5.74, 6) is -0.966. The number of pyridine rings is 1. The van der Waals surface area contributed by atoms with Crippen molar-refractivity contribution in [2.24, 2.45) is 0 Å². The maximum Gasteiger partial charge on any atom is 0.417 e. The molecular weight excluding hydrogens is 492 g/mol. The molecule has 1 fully saturated rings. The van der Waals surface area contributed by atoms with Gasteiger partial charge in [-0.3, -0.25) is 4.79 Å². The molecular formula is C20H18BrClF4N2O2. The lowest BCUT2D eigenvalue weighted by Gasteiger charge is -2.40. The summed E-state index contributed by atoms with van der Waals surface area (Å²) in [6.07, 6.45) is -4.58. The van der Waals surface area contributed by atoms with Gasteiger partial charge in [0.15, 0.2) is 0 Å². The molecule has 1 aromatic carbocycles. The van der Waals surface area contributed by atoms with Crippen LogP contribution in [0.5, 0.6) is 0 Å². The van der Waals surface area contributed by atoms with Gasteiger partial charge in [0, 0.05) is 10.7 Å². The highest BCUT2D eigenvalue weighted by Crippen LogP contribution is 2.41. The molecule has 0 spiro atoms. The molecule has 1 aliphatic carbocycles. The summed E-state index contributed by atoms with van der Waals surface area (Å²) >= 11 is 9.14. The first kappa shape index (κ1) is 23.0. The number of halogens is 6. The number of aliphatic hydroxyl groups is 1. The molecule has 1 aliphatic rings. The van der Waals surface area contributed by atoms with Gasteiger partial charge >= 0.3 is 6.18 Å². The third-order valence-corrected chi connectivity index (χ3v) is 6.06. The first-order valence-electron chi connectivity index (χ1n) is 9.16. The van der Waals surface area contributed by atoms with Gasteiger partial charge in [-0.05, 0) is 49.4 Å². The molecule has 3 rings (SSSR count). The van der Waals surface area contributed by atoms with E-state index in [1.807, 2.05) is 0 Å². The molecule has 0 radical (unpaired) electrons. The summed E-state index contributed by atoms with van der Waals surface area (Å²) in [7, 11) is 0. The van der Waals surface area contributed by atoms with Crippen LogP contribution in [0.4, 0.5) is 17.6 Å². The average Bonchev–Trinajstić information content (AvgIpc) is 2.67. The maximum absolute atomic E-state index is 13.7. The van der Waals surface area contributed by atoms with Gasteiger partial charge in [-0.25, -0.2) is 9.37 Å². The average molecular weight is 510 g/mol. The van der Waals surface area contributed by atoms with Gasteiger partial charge in [0.2, 0.25) is 0 Å². The van der Waals surface area contributed by atoms with Crippen molar-refractivity contribution in [3.8, 4) is 0 Å². The van der Waals surface area contributed by atoms with Gasteiger partial charge in [0.25, 0.3) is 5.91 Å². The molecule has 1 amide bonds. The van der Waals surface area contributed by atoms with E-state index < -0.39 is 46.2 Å². The molecule has 1 heterocycles. The van der Waals surface area contributed by atoms with E-state index in [1.165, 1.54) is 0 Å². The Morgan fingerprint density at radius 3 is 2.57 bits per heavy atom. The van der Waals surface area contributed by atoms with Crippen molar-refractivity contribution in [3.63, 3.8) is 0 Å². The van der Waals surface area contributed by atoms with E-state index in [0.29, 0.717) is 16.1 Å². The number of aromatic nitrogens is 1. The molecule has 1 saturated carbocycles. The quantitative estimate of drug-likeness (QED) is 0.525. The molecule has 4 nitrogen and oxygen atoms in total. The second-order valence-corrected chi connectivity index (χ2v) is 8.55. The Morgan fingerprint density at radius 1 is 1.30 bits per heavy atom. The van der Waals surface area contributed by atoms with E-state index >= 15 is 0 Å². The number of hydrogen-bond acceptors (Lipinski definition) is 3. The van der Waals surface area contributed by atoms with E-state index in [-0.39, 0.29) is 25.7 Å². The molecule has 0 saturated heterocycles. The fourth-order valence-corrected chi connectivity index (χ4v) is 4.33.